The number of halogens is 2. The average Bonchev–Trinajstić information content (AvgIpc) is 2.82. The van der Waals surface area contributed by atoms with E-state index in [-0.39, 0.29) is 29.7 Å². The van der Waals surface area contributed by atoms with Crippen LogP contribution in [0.15, 0.2) is 36.4 Å². The Kier molecular flexibility index (Phi) is 6.46. The summed E-state index contributed by atoms with van der Waals surface area (Å²) in [6.45, 7) is 1.56. The molecule has 154 valence electrons. The van der Waals surface area contributed by atoms with Crippen molar-refractivity contribution in [1.82, 2.24) is 10.6 Å². The number of hydrogen-bond acceptors (Lipinski definition) is 3. The van der Waals surface area contributed by atoms with Crippen LogP contribution in [0.4, 0.5) is 8.78 Å². The number of aryl methyl sites for hydroxylation is 1. The van der Waals surface area contributed by atoms with E-state index in [1.807, 2.05) is 6.07 Å². The minimum absolute atomic E-state index is 0.147. The molecule has 1 aliphatic carbocycles. The van der Waals surface area contributed by atoms with E-state index in [4.69, 9.17) is 0 Å². The molecule has 0 fully saturated rings. The van der Waals surface area contributed by atoms with Crippen LogP contribution in [0.25, 0.3) is 0 Å². The van der Waals surface area contributed by atoms with Crippen LogP contribution in [0.1, 0.15) is 48.9 Å². The van der Waals surface area contributed by atoms with Gasteiger partial charge in [0.15, 0.2) is 0 Å². The molecule has 0 saturated heterocycles. The monoisotopic (exact) mass is 402 g/mol. The first-order valence-electron chi connectivity index (χ1n) is 9.68. The summed E-state index contributed by atoms with van der Waals surface area (Å²) in [6, 6.07) is 7.03. The van der Waals surface area contributed by atoms with Crippen LogP contribution in [0, 0.1) is 11.6 Å². The van der Waals surface area contributed by atoms with E-state index in [0.29, 0.717) is 0 Å². The molecule has 0 saturated carbocycles. The Morgan fingerprint density at radius 1 is 1.14 bits per heavy atom. The van der Waals surface area contributed by atoms with E-state index in [0.717, 1.165) is 55.0 Å². The molecule has 1 unspecified atom stereocenters. The number of nitrogens with one attached hydrogen (secondary N) is 2. The van der Waals surface area contributed by atoms with Gasteiger partial charge in [-0.15, -0.1) is 0 Å². The van der Waals surface area contributed by atoms with Gasteiger partial charge in [0.05, 0.1) is 12.5 Å². The number of rotatable bonds is 5. The zero-order chi connectivity index (χ0) is 21.0. The van der Waals surface area contributed by atoms with Gasteiger partial charge in [-0.3, -0.25) is 9.59 Å². The predicted octanol–water partition coefficient (Wildman–Crippen LogP) is 3.30. The number of phenolic OH excluding ortho intramolecular Hbond substituents is 1. The van der Waals surface area contributed by atoms with Gasteiger partial charge in [0.1, 0.15) is 23.4 Å². The molecule has 0 bridgehead atoms. The first-order valence-corrected chi connectivity index (χ1v) is 9.68. The fraction of sp³-hybridized carbons (Fsp3) is 0.364. The SMILES string of the molecule is C[C@H](NC(=O)Cc1cc(F)cc(F)c1)C(=O)NC1CCCCc2ccc(O)cc21. The molecule has 5 nitrogen and oxygen atoms in total. The van der Waals surface area contributed by atoms with Crippen molar-refractivity contribution in [1.29, 1.82) is 0 Å². The second-order valence-electron chi connectivity index (χ2n) is 7.43. The van der Waals surface area contributed by atoms with E-state index in [9.17, 15) is 23.5 Å². The lowest BCUT2D eigenvalue weighted by Gasteiger charge is -2.22. The summed E-state index contributed by atoms with van der Waals surface area (Å²) in [5.41, 5.74) is 2.18. The van der Waals surface area contributed by atoms with Crippen molar-refractivity contribution in [2.45, 2.75) is 51.1 Å². The predicted molar refractivity (Wildman–Crippen MR) is 104 cm³/mol. The number of benzene rings is 2. The van der Waals surface area contributed by atoms with Gasteiger partial charge in [-0.2, -0.15) is 0 Å². The highest BCUT2D eigenvalue weighted by atomic mass is 19.1. The van der Waals surface area contributed by atoms with Gasteiger partial charge in [-0.05, 0) is 67.1 Å². The summed E-state index contributed by atoms with van der Waals surface area (Å²) >= 11 is 0. The second-order valence-corrected chi connectivity index (χ2v) is 7.43. The fourth-order valence-corrected chi connectivity index (χ4v) is 3.66. The Morgan fingerprint density at radius 2 is 1.86 bits per heavy atom. The highest BCUT2D eigenvalue weighted by Crippen LogP contribution is 2.31. The molecule has 0 aromatic heterocycles. The Balaban J connectivity index is 1.62. The molecule has 0 spiro atoms. The van der Waals surface area contributed by atoms with Crippen LogP contribution >= 0.6 is 0 Å². The van der Waals surface area contributed by atoms with Crippen LogP contribution in [-0.4, -0.2) is 23.0 Å². The topological polar surface area (TPSA) is 78.4 Å². The number of amides is 2. The third-order valence-corrected chi connectivity index (χ3v) is 5.07. The number of carbonyl (C=O) groups excluding carboxylic acids is 2. The van der Waals surface area contributed by atoms with Gasteiger partial charge in [-0.25, -0.2) is 8.78 Å². The summed E-state index contributed by atoms with van der Waals surface area (Å²) in [5.74, 6) is -2.22. The molecule has 0 radical (unpaired) electrons. The molecule has 2 atom stereocenters. The van der Waals surface area contributed by atoms with Crippen LogP contribution in [0.3, 0.4) is 0 Å². The number of fused-ring (bicyclic) bond motifs is 1. The van der Waals surface area contributed by atoms with Gasteiger partial charge in [0.2, 0.25) is 11.8 Å². The van der Waals surface area contributed by atoms with Crippen molar-refractivity contribution in [2.75, 3.05) is 0 Å². The van der Waals surface area contributed by atoms with Gasteiger partial charge in [-0.1, -0.05) is 12.5 Å². The summed E-state index contributed by atoms with van der Waals surface area (Å²) in [4.78, 5) is 24.8. The Bertz CT molecular complexity index is 897. The lowest BCUT2D eigenvalue weighted by atomic mass is 9.98. The normalized spacial score (nSPS) is 17.0. The lowest BCUT2D eigenvalue weighted by molar-refractivity contribution is -0.128. The summed E-state index contributed by atoms with van der Waals surface area (Å²) in [5, 5.41) is 15.3. The molecule has 3 N–H and O–H groups in total. The zero-order valence-electron chi connectivity index (χ0n) is 16.2. The molecule has 1 aliphatic rings. The minimum Gasteiger partial charge on any atom is -0.508 e. The molecule has 2 aromatic rings. The maximum atomic E-state index is 13.3. The lowest BCUT2D eigenvalue weighted by Crippen LogP contribution is -2.46. The van der Waals surface area contributed by atoms with Crippen molar-refractivity contribution < 1.29 is 23.5 Å². The zero-order valence-corrected chi connectivity index (χ0v) is 16.2. The Morgan fingerprint density at radius 3 is 2.59 bits per heavy atom. The van der Waals surface area contributed by atoms with E-state index in [1.165, 1.54) is 0 Å². The van der Waals surface area contributed by atoms with Crippen molar-refractivity contribution in [3.05, 3.63) is 64.7 Å². The second kappa shape index (κ2) is 9.03. The van der Waals surface area contributed by atoms with Crippen molar-refractivity contribution in [2.24, 2.45) is 0 Å². The van der Waals surface area contributed by atoms with Gasteiger partial charge >= 0.3 is 0 Å². The van der Waals surface area contributed by atoms with Gasteiger partial charge in [0.25, 0.3) is 0 Å². The van der Waals surface area contributed by atoms with Crippen molar-refractivity contribution >= 4 is 11.8 Å². The highest BCUT2D eigenvalue weighted by Gasteiger charge is 2.24. The first kappa shape index (κ1) is 20.8. The van der Waals surface area contributed by atoms with Crippen LogP contribution in [0.2, 0.25) is 0 Å². The van der Waals surface area contributed by atoms with E-state index >= 15 is 0 Å². The largest absolute Gasteiger partial charge is 0.508 e. The fourth-order valence-electron chi connectivity index (χ4n) is 3.66. The quantitative estimate of drug-likeness (QED) is 0.672. The van der Waals surface area contributed by atoms with Crippen molar-refractivity contribution in [3.8, 4) is 5.75 Å². The number of hydrogen-bond donors (Lipinski definition) is 3. The van der Waals surface area contributed by atoms with E-state index < -0.39 is 23.6 Å². The smallest absolute Gasteiger partial charge is 0.242 e. The third-order valence-electron chi connectivity index (χ3n) is 5.07. The molecule has 0 aliphatic heterocycles. The maximum absolute atomic E-state index is 13.3. The summed E-state index contributed by atoms with van der Waals surface area (Å²) < 4.78 is 26.5. The molecule has 7 heteroatoms. The first-order chi connectivity index (χ1) is 13.8. The molecular weight excluding hydrogens is 378 g/mol. The number of carbonyl (C=O) groups is 2. The number of aromatic hydroxyl groups is 1. The van der Waals surface area contributed by atoms with E-state index in [1.54, 1.807) is 19.1 Å². The summed E-state index contributed by atoms with van der Waals surface area (Å²) in [6.07, 6.45) is 3.34. The van der Waals surface area contributed by atoms with Gasteiger partial charge in [0, 0.05) is 6.07 Å². The molecule has 3 rings (SSSR count). The Hall–Kier alpha value is -2.96. The molecule has 0 heterocycles. The molecule has 29 heavy (non-hydrogen) atoms. The molecular formula is C22H24F2N2O3. The highest BCUT2D eigenvalue weighted by molar-refractivity contribution is 5.88. The van der Waals surface area contributed by atoms with Gasteiger partial charge < -0.3 is 15.7 Å². The maximum Gasteiger partial charge on any atom is 0.242 e. The van der Waals surface area contributed by atoms with Crippen LogP contribution in [0.5, 0.6) is 5.75 Å². The molecule has 2 aromatic carbocycles. The van der Waals surface area contributed by atoms with Crippen molar-refractivity contribution in [3.63, 3.8) is 0 Å². The average molecular weight is 402 g/mol. The van der Waals surface area contributed by atoms with Crippen LogP contribution < -0.4 is 10.6 Å². The standard InChI is InChI=1S/C22H24F2N2O3/c1-13(25-21(28)10-14-8-16(23)11-17(24)9-14)22(29)26-20-5-3-2-4-15-6-7-18(27)12-19(15)20/h6-9,11-13,20,27H,2-5,10H2,1H3,(H,25,28)(H,26,29)/t13-,20?/m0/s1. The minimum atomic E-state index is -0.815. The van der Waals surface area contributed by atoms with E-state index in [2.05, 4.69) is 10.6 Å². The molecule has 2 amide bonds. The Labute approximate surface area is 168 Å². The number of phenols is 1. The van der Waals surface area contributed by atoms with Crippen LogP contribution in [-0.2, 0) is 22.4 Å². The third kappa shape index (κ3) is 5.53. The summed E-state index contributed by atoms with van der Waals surface area (Å²) in [7, 11) is 0.